The number of carbonyl (C=O) groups excluding carboxylic acids is 2. The van der Waals surface area contributed by atoms with E-state index in [0.717, 1.165) is 16.6 Å². The highest BCUT2D eigenvalue weighted by Gasteiger charge is 2.39. The van der Waals surface area contributed by atoms with Crippen LogP contribution in [-0.2, 0) is 4.79 Å². The van der Waals surface area contributed by atoms with Crippen LogP contribution in [-0.4, -0.2) is 11.8 Å². The Morgan fingerprint density at radius 3 is 2.35 bits per heavy atom. The average molecular weight is 373 g/mol. The third kappa shape index (κ3) is 3.99. The summed E-state index contributed by atoms with van der Waals surface area (Å²) < 4.78 is 0.905. The van der Waals surface area contributed by atoms with Gasteiger partial charge in [-0.05, 0) is 54.8 Å². The molecule has 0 aliphatic heterocycles. The van der Waals surface area contributed by atoms with Crippen molar-refractivity contribution < 1.29 is 9.59 Å². The maximum absolute atomic E-state index is 12.2. The lowest BCUT2D eigenvalue weighted by atomic mass is 10.2. The van der Waals surface area contributed by atoms with Crippen molar-refractivity contribution in [2.45, 2.75) is 13.3 Å². The molecule has 0 heterocycles. The predicted molar refractivity (Wildman–Crippen MR) is 94.4 cm³/mol. The van der Waals surface area contributed by atoms with E-state index in [1.54, 1.807) is 24.3 Å². The van der Waals surface area contributed by atoms with E-state index in [4.69, 9.17) is 0 Å². The van der Waals surface area contributed by atoms with Gasteiger partial charge in [0.2, 0.25) is 5.91 Å². The number of amides is 2. The molecule has 2 aromatic carbocycles. The molecule has 2 amide bonds. The highest BCUT2D eigenvalue weighted by molar-refractivity contribution is 9.10. The van der Waals surface area contributed by atoms with E-state index in [1.165, 1.54) is 0 Å². The summed E-state index contributed by atoms with van der Waals surface area (Å²) in [6.45, 7) is 2.07. The Balaban J connectivity index is 1.62. The van der Waals surface area contributed by atoms with Gasteiger partial charge in [0.05, 0.1) is 0 Å². The fraction of sp³-hybridized carbons (Fsp3) is 0.222. The van der Waals surface area contributed by atoms with E-state index in [-0.39, 0.29) is 17.7 Å². The SMILES string of the molecule is CC1CC1C(=O)Nc1ccc(C(=O)Nc2cccc(Br)c2)cc1. The Kier molecular flexibility index (Phi) is 4.48. The number of carbonyl (C=O) groups is 2. The summed E-state index contributed by atoms with van der Waals surface area (Å²) >= 11 is 3.37. The highest BCUT2D eigenvalue weighted by atomic mass is 79.9. The fourth-order valence-electron chi connectivity index (χ4n) is 2.40. The molecule has 2 aromatic rings. The minimum Gasteiger partial charge on any atom is -0.326 e. The average Bonchev–Trinajstić information content (AvgIpc) is 3.25. The summed E-state index contributed by atoms with van der Waals surface area (Å²) in [6.07, 6.45) is 0.957. The predicted octanol–water partition coefficient (Wildman–Crippen LogP) is 4.30. The van der Waals surface area contributed by atoms with Gasteiger partial charge in [0, 0.05) is 27.3 Å². The molecule has 118 valence electrons. The van der Waals surface area contributed by atoms with Crippen LogP contribution in [0.25, 0.3) is 0 Å². The molecule has 1 fully saturated rings. The lowest BCUT2D eigenvalue weighted by Crippen LogP contribution is -2.15. The van der Waals surface area contributed by atoms with Gasteiger partial charge in [-0.1, -0.05) is 28.9 Å². The standard InChI is InChI=1S/C18H17BrN2O2/c1-11-9-16(11)18(23)20-14-7-5-12(6-8-14)17(22)21-15-4-2-3-13(19)10-15/h2-8,10-11,16H,9H2,1H3,(H,20,23)(H,21,22). The van der Waals surface area contributed by atoms with Crippen LogP contribution in [0.3, 0.4) is 0 Å². The molecule has 0 bridgehead atoms. The van der Waals surface area contributed by atoms with Crippen LogP contribution in [0.2, 0.25) is 0 Å². The molecule has 4 nitrogen and oxygen atoms in total. The number of anilines is 2. The van der Waals surface area contributed by atoms with Crippen molar-refractivity contribution >= 4 is 39.1 Å². The highest BCUT2D eigenvalue weighted by Crippen LogP contribution is 2.38. The first-order chi connectivity index (χ1) is 11.0. The second kappa shape index (κ2) is 6.54. The van der Waals surface area contributed by atoms with Crippen molar-refractivity contribution in [3.8, 4) is 0 Å². The van der Waals surface area contributed by atoms with Gasteiger partial charge in [0.25, 0.3) is 5.91 Å². The number of halogens is 1. The summed E-state index contributed by atoms with van der Waals surface area (Å²) in [5, 5.41) is 5.72. The largest absolute Gasteiger partial charge is 0.326 e. The number of rotatable bonds is 4. The molecule has 5 heteroatoms. The molecule has 2 unspecified atom stereocenters. The number of hydrogen-bond donors (Lipinski definition) is 2. The molecule has 1 saturated carbocycles. The minimum absolute atomic E-state index is 0.0591. The minimum atomic E-state index is -0.184. The van der Waals surface area contributed by atoms with Crippen LogP contribution in [0.4, 0.5) is 11.4 Å². The first-order valence-electron chi connectivity index (χ1n) is 7.51. The van der Waals surface area contributed by atoms with Gasteiger partial charge in [0.1, 0.15) is 0 Å². The number of hydrogen-bond acceptors (Lipinski definition) is 2. The topological polar surface area (TPSA) is 58.2 Å². The van der Waals surface area contributed by atoms with E-state index in [9.17, 15) is 9.59 Å². The molecular weight excluding hydrogens is 356 g/mol. The van der Waals surface area contributed by atoms with E-state index < -0.39 is 0 Å². The van der Waals surface area contributed by atoms with Crippen LogP contribution in [0.1, 0.15) is 23.7 Å². The van der Waals surface area contributed by atoms with Crippen LogP contribution >= 0.6 is 15.9 Å². The zero-order valence-electron chi connectivity index (χ0n) is 12.7. The molecule has 23 heavy (non-hydrogen) atoms. The van der Waals surface area contributed by atoms with Crippen molar-refractivity contribution in [2.24, 2.45) is 11.8 Å². The van der Waals surface area contributed by atoms with E-state index >= 15 is 0 Å². The molecule has 1 aliphatic rings. The first-order valence-corrected chi connectivity index (χ1v) is 8.30. The van der Waals surface area contributed by atoms with Gasteiger partial charge in [-0.15, -0.1) is 0 Å². The second-order valence-corrected chi connectivity index (χ2v) is 6.77. The van der Waals surface area contributed by atoms with Crippen LogP contribution < -0.4 is 10.6 Å². The monoisotopic (exact) mass is 372 g/mol. The van der Waals surface area contributed by atoms with Crippen molar-refractivity contribution in [1.29, 1.82) is 0 Å². The maximum Gasteiger partial charge on any atom is 0.255 e. The van der Waals surface area contributed by atoms with Crippen molar-refractivity contribution in [2.75, 3.05) is 10.6 Å². The fourth-order valence-corrected chi connectivity index (χ4v) is 2.80. The molecule has 3 rings (SSSR count). The number of nitrogens with one attached hydrogen (secondary N) is 2. The molecule has 2 N–H and O–H groups in total. The van der Waals surface area contributed by atoms with Gasteiger partial charge < -0.3 is 10.6 Å². The van der Waals surface area contributed by atoms with Crippen LogP contribution in [0.15, 0.2) is 53.0 Å². The maximum atomic E-state index is 12.2. The van der Waals surface area contributed by atoms with E-state index in [2.05, 4.69) is 33.5 Å². The third-order valence-corrected chi connectivity index (χ3v) is 4.44. The zero-order valence-corrected chi connectivity index (χ0v) is 14.3. The molecule has 0 aromatic heterocycles. The Labute approximate surface area is 143 Å². The second-order valence-electron chi connectivity index (χ2n) is 5.85. The van der Waals surface area contributed by atoms with Crippen molar-refractivity contribution in [1.82, 2.24) is 0 Å². The summed E-state index contributed by atoms with van der Waals surface area (Å²) in [5.74, 6) is 0.486. The third-order valence-electron chi connectivity index (χ3n) is 3.94. The van der Waals surface area contributed by atoms with Gasteiger partial charge in [-0.25, -0.2) is 0 Å². The lowest BCUT2D eigenvalue weighted by molar-refractivity contribution is -0.117. The van der Waals surface area contributed by atoms with E-state index in [0.29, 0.717) is 17.2 Å². The Morgan fingerprint density at radius 1 is 1.04 bits per heavy atom. The smallest absolute Gasteiger partial charge is 0.255 e. The van der Waals surface area contributed by atoms with Crippen molar-refractivity contribution in [3.63, 3.8) is 0 Å². The summed E-state index contributed by atoms with van der Waals surface area (Å²) in [6, 6.07) is 14.3. The quantitative estimate of drug-likeness (QED) is 0.840. The van der Waals surface area contributed by atoms with Crippen LogP contribution in [0, 0.1) is 11.8 Å². The van der Waals surface area contributed by atoms with Gasteiger partial charge in [-0.3, -0.25) is 9.59 Å². The molecule has 0 radical (unpaired) electrons. The van der Waals surface area contributed by atoms with Gasteiger partial charge in [0.15, 0.2) is 0 Å². The van der Waals surface area contributed by atoms with E-state index in [1.807, 2.05) is 24.3 Å². The summed E-state index contributed by atoms with van der Waals surface area (Å²) in [4.78, 5) is 24.1. The molecular formula is C18H17BrN2O2. The van der Waals surface area contributed by atoms with Crippen LogP contribution in [0.5, 0.6) is 0 Å². The summed E-state index contributed by atoms with van der Waals surface area (Å²) in [7, 11) is 0. The zero-order chi connectivity index (χ0) is 16.4. The Bertz CT molecular complexity index is 743. The Morgan fingerprint density at radius 2 is 1.74 bits per heavy atom. The molecule has 0 saturated heterocycles. The molecule has 1 aliphatic carbocycles. The van der Waals surface area contributed by atoms with Crippen molar-refractivity contribution in [3.05, 3.63) is 58.6 Å². The summed E-state index contributed by atoms with van der Waals surface area (Å²) in [5.41, 5.74) is 1.99. The number of benzene rings is 2. The lowest BCUT2D eigenvalue weighted by Gasteiger charge is -2.08. The molecule has 2 atom stereocenters. The van der Waals surface area contributed by atoms with Gasteiger partial charge in [-0.2, -0.15) is 0 Å². The normalized spacial score (nSPS) is 19.0. The first kappa shape index (κ1) is 15.7. The van der Waals surface area contributed by atoms with Gasteiger partial charge >= 0.3 is 0 Å². The Hall–Kier alpha value is -2.14. The molecule has 0 spiro atoms.